The molecule has 9 nitrogen and oxygen atoms in total. The molecule has 3 N–H and O–H groups in total. The Morgan fingerprint density at radius 1 is 1.02 bits per heavy atom. The first-order valence-corrected chi connectivity index (χ1v) is 21.6. The topological polar surface area (TPSA) is 95.2 Å². The predicted molar refractivity (Wildman–Crippen MR) is 196 cm³/mol. The second-order valence-electron chi connectivity index (χ2n) is 17.7. The Kier molecular flexibility index (Phi) is 11.5. The van der Waals surface area contributed by atoms with E-state index in [4.69, 9.17) is 9.47 Å². The van der Waals surface area contributed by atoms with Crippen molar-refractivity contribution in [2.24, 2.45) is 16.7 Å². The molecule has 1 spiro atoms. The molecule has 3 saturated heterocycles. The van der Waals surface area contributed by atoms with E-state index in [1.807, 2.05) is 6.07 Å². The van der Waals surface area contributed by atoms with Gasteiger partial charge in [0.25, 0.3) is 0 Å². The summed E-state index contributed by atoms with van der Waals surface area (Å²) in [6.45, 7) is 12.7. The monoisotopic (exact) mass is 753 g/mol. The summed E-state index contributed by atoms with van der Waals surface area (Å²) < 4.78 is 87.4. The van der Waals surface area contributed by atoms with Crippen LogP contribution in [0.3, 0.4) is 0 Å². The van der Waals surface area contributed by atoms with Crippen molar-refractivity contribution in [2.75, 3.05) is 39.4 Å². The van der Waals surface area contributed by atoms with Crippen LogP contribution in [0.5, 0.6) is 0 Å². The molecule has 1 aromatic carbocycles. The molecule has 6 atom stereocenters. The van der Waals surface area contributed by atoms with Crippen molar-refractivity contribution in [3.63, 3.8) is 0 Å². The quantitative estimate of drug-likeness (QED) is 0.293. The number of alkyl halides is 3. The van der Waals surface area contributed by atoms with Crippen LogP contribution in [-0.2, 0) is 19.5 Å². The third-order valence-corrected chi connectivity index (χ3v) is 15.5. The fraction of sp³-hybridized carbons (Fsp3) is 0.846. The number of rotatable bonds is 8. The van der Waals surface area contributed by atoms with Crippen LogP contribution in [-0.4, -0.2) is 99.7 Å². The van der Waals surface area contributed by atoms with Crippen LogP contribution in [0.4, 0.5) is 13.2 Å². The van der Waals surface area contributed by atoms with Gasteiger partial charge in [0.1, 0.15) is 12.5 Å². The second kappa shape index (κ2) is 15.3. The lowest BCUT2D eigenvalue weighted by atomic mass is 9.59. The number of piperidine rings is 1. The van der Waals surface area contributed by atoms with E-state index in [0.29, 0.717) is 25.8 Å². The van der Waals surface area contributed by atoms with Crippen LogP contribution in [0, 0.1) is 30.6 Å². The number of hydrogen-bond donors (Lipinski definition) is 3. The molecule has 52 heavy (non-hydrogen) atoms. The number of halogens is 3. The van der Waals surface area contributed by atoms with E-state index < -0.39 is 45.4 Å². The van der Waals surface area contributed by atoms with Crippen molar-refractivity contribution in [3.05, 3.63) is 34.9 Å². The van der Waals surface area contributed by atoms with Gasteiger partial charge in [0.2, 0.25) is 10.0 Å². The van der Waals surface area contributed by atoms with Crippen LogP contribution in [0.1, 0.15) is 114 Å². The summed E-state index contributed by atoms with van der Waals surface area (Å²) >= 11 is 0. The summed E-state index contributed by atoms with van der Waals surface area (Å²) in [7, 11) is -3.70. The van der Waals surface area contributed by atoms with E-state index >= 15 is 0 Å². The Labute approximate surface area is 309 Å². The lowest BCUT2D eigenvalue weighted by Crippen LogP contribution is -2.64. The van der Waals surface area contributed by atoms with Crippen LogP contribution >= 0.6 is 0 Å². The number of ether oxygens (including phenoxy) is 2. The molecule has 6 fully saturated rings. The molecular weight excluding hydrogens is 692 g/mol. The van der Waals surface area contributed by atoms with Crippen molar-refractivity contribution in [2.45, 2.75) is 153 Å². The molecule has 1 aromatic rings. The minimum Gasteiger partial charge on any atom is -0.377 e. The minimum absolute atomic E-state index is 0.0328. The zero-order valence-electron chi connectivity index (χ0n) is 31.6. The van der Waals surface area contributed by atoms with Gasteiger partial charge in [-0.2, -0.15) is 17.9 Å². The largest absolute Gasteiger partial charge is 0.394 e. The van der Waals surface area contributed by atoms with Gasteiger partial charge in [-0.15, -0.1) is 0 Å². The molecule has 4 bridgehead atoms. The highest BCUT2D eigenvalue weighted by molar-refractivity contribution is 7.90. The van der Waals surface area contributed by atoms with Gasteiger partial charge in [0, 0.05) is 37.6 Å². The van der Waals surface area contributed by atoms with Crippen molar-refractivity contribution < 1.29 is 31.1 Å². The summed E-state index contributed by atoms with van der Waals surface area (Å²) in [4.78, 5) is 4.88. The summed E-state index contributed by atoms with van der Waals surface area (Å²) in [5.74, 6) is 0.0987. The molecule has 3 heterocycles. The van der Waals surface area contributed by atoms with Crippen LogP contribution in [0.25, 0.3) is 0 Å². The van der Waals surface area contributed by atoms with E-state index in [9.17, 15) is 21.6 Å². The SMILES string of the molecule is Cc1cccc(C)c1C1CC2NC(N1)NS(=O)(=O)C1CCCC(C1)CN(C1CC3(CCN(CCOC(C)C)CC3)C1)[C@H](CC1(C(F)(F)F)CC1)CO2. The van der Waals surface area contributed by atoms with E-state index in [1.165, 1.54) is 0 Å². The van der Waals surface area contributed by atoms with Gasteiger partial charge in [-0.1, -0.05) is 24.6 Å². The molecule has 0 aromatic heterocycles. The summed E-state index contributed by atoms with van der Waals surface area (Å²) in [6, 6.07) is 5.70. The highest BCUT2D eigenvalue weighted by atomic mass is 32.2. The zero-order chi connectivity index (χ0) is 36.9. The Balaban J connectivity index is 1.15. The van der Waals surface area contributed by atoms with Gasteiger partial charge in [-0.05, 0) is 133 Å². The second-order valence-corrected chi connectivity index (χ2v) is 19.6. The predicted octanol–water partition coefficient (Wildman–Crippen LogP) is 6.12. The number of likely N-dealkylation sites (tertiary alicyclic amines) is 1. The number of benzene rings is 1. The van der Waals surface area contributed by atoms with Gasteiger partial charge in [-0.25, -0.2) is 8.42 Å². The average Bonchev–Trinajstić information content (AvgIpc) is 3.86. The Bertz CT molecular complexity index is 1470. The minimum atomic E-state index is -4.26. The lowest BCUT2D eigenvalue weighted by Gasteiger charge is -2.57. The third-order valence-electron chi connectivity index (χ3n) is 13.6. The number of aryl methyl sites for hydroxylation is 2. The first-order chi connectivity index (χ1) is 24.6. The molecule has 5 unspecified atom stereocenters. The van der Waals surface area contributed by atoms with Gasteiger partial charge in [0.05, 0.1) is 30.0 Å². The highest BCUT2D eigenvalue weighted by Gasteiger charge is 2.64. The highest BCUT2D eigenvalue weighted by Crippen LogP contribution is 2.61. The summed E-state index contributed by atoms with van der Waals surface area (Å²) in [6.07, 6.45) is 2.51. The molecule has 0 radical (unpaired) electrons. The molecule has 3 aliphatic heterocycles. The molecule has 3 aliphatic carbocycles. The number of nitrogens with one attached hydrogen (secondary N) is 3. The third kappa shape index (κ3) is 8.56. The molecule has 6 aliphatic rings. The Hall–Kier alpha value is -1.32. The van der Waals surface area contributed by atoms with Crippen molar-refractivity contribution in [1.82, 2.24) is 25.2 Å². The lowest BCUT2D eigenvalue weighted by molar-refractivity contribution is -0.197. The van der Waals surface area contributed by atoms with Crippen LogP contribution in [0.15, 0.2) is 18.2 Å². The Morgan fingerprint density at radius 3 is 2.38 bits per heavy atom. The maximum absolute atomic E-state index is 14.7. The number of hydrogen-bond acceptors (Lipinski definition) is 8. The molecule has 294 valence electrons. The van der Waals surface area contributed by atoms with E-state index in [-0.39, 0.29) is 55.4 Å². The van der Waals surface area contributed by atoms with E-state index in [2.05, 4.69) is 65.0 Å². The molecule has 0 amide bonds. The standard InChI is InChI=1S/C39H62F3N5O4S/c1-26(2)50-18-17-46-15-13-37(14-16-46)21-30(22-37)47-24-29-9-6-10-32(19-29)52(48,49)45-36-43-33(35-27(3)7-5-8-28(35)4)20-34(44-36)51-25-31(47)23-38(11-12-38)39(40,41)42/h5,7-8,26,29-34,36,43-45H,6,9-25H2,1-4H3/t29?,31-,32?,33?,34?,36?/m1/s1. The van der Waals surface area contributed by atoms with Crippen molar-refractivity contribution in [1.29, 1.82) is 0 Å². The number of sulfonamides is 1. The molecule has 3 saturated carbocycles. The van der Waals surface area contributed by atoms with Crippen LogP contribution in [0.2, 0.25) is 0 Å². The average molecular weight is 754 g/mol. The number of nitrogens with zero attached hydrogens (tertiary/aromatic N) is 2. The van der Waals surface area contributed by atoms with Gasteiger partial charge >= 0.3 is 6.18 Å². The smallest absolute Gasteiger partial charge is 0.377 e. The fourth-order valence-corrected chi connectivity index (χ4v) is 12.0. The first-order valence-electron chi connectivity index (χ1n) is 20.0. The fourth-order valence-electron chi connectivity index (χ4n) is 10.3. The molecule has 13 heteroatoms. The zero-order valence-corrected chi connectivity index (χ0v) is 32.5. The number of fused-ring (bicyclic) bond motifs is 4. The summed E-state index contributed by atoms with van der Waals surface area (Å²) in [5.41, 5.74) is 1.87. The van der Waals surface area contributed by atoms with Crippen LogP contribution < -0.4 is 15.4 Å². The Morgan fingerprint density at radius 2 is 1.73 bits per heavy atom. The first kappa shape index (κ1) is 38.9. The van der Waals surface area contributed by atoms with E-state index in [0.717, 1.165) is 81.5 Å². The molecule has 7 rings (SSSR count). The maximum atomic E-state index is 14.7. The normalized spacial score (nSPS) is 34.2. The maximum Gasteiger partial charge on any atom is 0.394 e. The van der Waals surface area contributed by atoms with Crippen molar-refractivity contribution in [3.8, 4) is 0 Å². The van der Waals surface area contributed by atoms with Gasteiger partial charge < -0.3 is 14.4 Å². The molecular formula is C39H62F3N5O4S. The van der Waals surface area contributed by atoms with E-state index in [1.54, 1.807) is 0 Å². The van der Waals surface area contributed by atoms with Crippen molar-refractivity contribution >= 4 is 10.0 Å². The van der Waals surface area contributed by atoms with Gasteiger partial charge in [0.15, 0.2) is 0 Å². The van der Waals surface area contributed by atoms with Gasteiger partial charge in [-0.3, -0.25) is 15.5 Å². The summed E-state index contributed by atoms with van der Waals surface area (Å²) in [5, 5.41) is 6.32.